The number of amides is 1. The molecule has 1 amide bonds. The smallest absolute Gasteiger partial charge is 0.416 e. The number of hydrogen-bond donors (Lipinski definition) is 0. The molecule has 2 heterocycles. The van der Waals surface area contributed by atoms with E-state index >= 15 is 0 Å². The molecule has 1 aliphatic rings. The fourth-order valence-corrected chi connectivity index (χ4v) is 3.27. The van der Waals surface area contributed by atoms with Crippen molar-refractivity contribution in [3.63, 3.8) is 0 Å². The van der Waals surface area contributed by atoms with E-state index in [4.69, 9.17) is 4.74 Å². The molecule has 150 valence electrons. The molecule has 0 unspecified atom stereocenters. The number of ether oxygens (including phenoxy) is 1. The van der Waals surface area contributed by atoms with E-state index in [0.717, 1.165) is 23.4 Å². The van der Waals surface area contributed by atoms with Crippen LogP contribution in [0.1, 0.15) is 21.7 Å². The van der Waals surface area contributed by atoms with Gasteiger partial charge in [0.15, 0.2) is 11.6 Å². The molecule has 0 fully saturated rings. The van der Waals surface area contributed by atoms with E-state index in [1.54, 1.807) is 12.0 Å². The summed E-state index contributed by atoms with van der Waals surface area (Å²) in [6, 6.07) is 11.7. The van der Waals surface area contributed by atoms with Gasteiger partial charge in [0.1, 0.15) is 5.75 Å². The molecule has 0 spiro atoms. The van der Waals surface area contributed by atoms with Gasteiger partial charge in [0, 0.05) is 24.2 Å². The average Bonchev–Trinajstić information content (AvgIpc) is 3.16. The number of aromatic nitrogens is 3. The minimum Gasteiger partial charge on any atom is -0.497 e. The van der Waals surface area contributed by atoms with E-state index < -0.39 is 11.7 Å². The first-order chi connectivity index (χ1) is 13.9. The van der Waals surface area contributed by atoms with Crippen molar-refractivity contribution in [3.8, 4) is 17.1 Å². The Morgan fingerprint density at radius 2 is 1.69 bits per heavy atom. The molecular weight excluding hydrogens is 385 g/mol. The molecule has 0 aliphatic carbocycles. The summed E-state index contributed by atoms with van der Waals surface area (Å²) in [6.07, 6.45) is -4.43. The van der Waals surface area contributed by atoms with E-state index in [9.17, 15) is 18.0 Å². The van der Waals surface area contributed by atoms with Crippen molar-refractivity contribution in [1.82, 2.24) is 19.7 Å². The zero-order valence-electron chi connectivity index (χ0n) is 15.5. The van der Waals surface area contributed by atoms with Gasteiger partial charge in [-0.05, 0) is 48.5 Å². The van der Waals surface area contributed by atoms with E-state index in [1.807, 2.05) is 28.8 Å². The number of halogens is 3. The monoisotopic (exact) mass is 402 g/mol. The summed E-state index contributed by atoms with van der Waals surface area (Å²) in [7, 11) is 1.59. The number of fused-ring (bicyclic) bond motifs is 1. The molecule has 1 aliphatic heterocycles. The van der Waals surface area contributed by atoms with Crippen LogP contribution in [0.5, 0.6) is 5.75 Å². The second-order valence-corrected chi connectivity index (χ2v) is 6.62. The molecule has 0 atom stereocenters. The third-order valence-corrected chi connectivity index (χ3v) is 4.85. The summed E-state index contributed by atoms with van der Waals surface area (Å²) < 4.78 is 45.2. The topological polar surface area (TPSA) is 60.3 Å². The maximum atomic E-state index is 12.7. The minimum atomic E-state index is -4.43. The summed E-state index contributed by atoms with van der Waals surface area (Å²) >= 11 is 0. The SMILES string of the molecule is COc1ccc(-c2nnc3n2CCN(C(=O)c2ccc(C(F)(F)F)cc2)C3)cc1. The van der Waals surface area contributed by atoms with Gasteiger partial charge in [-0.2, -0.15) is 13.2 Å². The molecule has 29 heavy (non-hydrogen) atoms. The Balaban J connectivity index is 1.52. The molecule has 0 radical (unpaired) electrons. The molecular formula is C20H17F3N4O2. The van der Waals surface area contributed by atoms with Gasteiger partial charge in [-0.25, -0.2) is 0 Å². The number of alkyl halides is 3. The summed E-state index contributed by atoms with van der Waals surface area (Å²) in [5, 5.41) is 8.43. The second kappa shape index (κ2) is 7.23. The summed E-state index contributed by atoms with van der Waals surface area (Å²) in [4.78, 5) is 14.3. The number of nitrogens with zero attached hydrogens (tertiary/aromatic N) is 4. The molecule has 1 aromatic heterocycles. The van der Waals surface area contributed by atoms with Crippen LogP contribution in [-0.4, -0.2) is 39.2 Å². The van der Waals surface area contributed by atoms with E-state index in [1.165, 1.54) is 12.1 Å². The highest BCUT2D eigenvalue weighted by molar-refractivity contribution is 5.94. The van der Waals surface area contributed by atoms with Gasteiger partial charge in [-0.1, -0.05) is 0 Å². The third-order valence-electron chi connectivity index (χ3n) is 4.85. The number of carbonyl (C=O) groups excluding carboxylic acids is 1. The highest BCUT2D eigenvalue weighted by Crippen LogP contribution is 2.29. The zero-order chi connectivity index (χ0) is 20.6. The van der Waals surface area contributed by atoms with Crippen molar-refractivity contribution in [2.24, 2.45) is 0 Å². The Kier molecular flexibility index (Phi) is 4.73. The van der Waals surface area contributed by atoms with Crippen molar-refractivity contribution >= 4 is 5.91 Å². The maximum absolute atomic E-state index is 12.7. The molecule has 2 aromatic carbocycles. The standard InChI is InChI=1S/C20H17F3N4O2/c1-29-16-8-4-13(5-9-16)18-25-24-17-12-26(10-11-27(17)18)19(28)14-2-6-15(7-3-14)20(21,22)23/h2-9H,10-12H2,1H3. The molecule has 3 aromatic rings. The Morgan fingerprint density at radius 1 is 1.00 bits per heavy atom. The highest BCUT2D eigenvalue weighted by atomic mass is 19.4. The van der Waals surface area contributed by atoms with Crippen LogP contribution in [0.4, 0.5) is 13.2 Å². The molecule has 9 heteroatoms. The lowest BCUT2D eigenvalue weighted by molar-refractivity contribution is -0.137. The zero-order valence-corrected chi connectivity index (χ0v) is 15.5. The predicted octanol–water partition coefficient (Wildman–Crippen LogP) is 3.63. The van der Waals surface area contributed by atoms with Crippen LogP contribution in [0.2, 0.25) is 0 Å². The van der Waals surface area contributed by atoms with Crippen LogP contribution in [-0.2, 0) is 19.3 Å². The first-order valence-corrected chi connectivity index (χ1v) is 8.90. The van der Waals surface area contributed by atoms with Crippen LogP contribution < -0.4 is 4.74 Å². The second-order valence-electron chi connectivity index (χ2n) is 6.62. The lowest BCUT2D eigenvalue weighted by Gasteiger charge is -2.28. The molecule has 0 bridgehead atoms. The number of methoxy groups -OCH3 is 1. The molecule has 4 rings (SSSR count). The van der Waals surface area contributed by atoms with Gasteiger partial charge in [-0.15, -0.1) is 10.2 Å². The highest BCUT2D eigenvalue weighted by Gasteiger charge is 2.31. The first-order valence-electron chi connectivity index (χ1n) is 8.90. The van der Waals surface area contributed by atoms with Crippen LogP contribution in [0, 0.1) is 0 Å². The van der Waals surface area contributed by atoms with Crippen molar-refractivity contribution in [2.75, 3.05) is 13.7 Å². The number of benzene rings is 2. The Morgan fingerprint density at radius 3 is 2.31 bits per heavy atom. The van der Waals surface area contributed by atoms with Gasteiger partial charge in [0.25, 0.3) is 5.91 Å². The number of hydrogen-bond acceptors (Lipinski definition) is 4. The maximum Gasteiger partial charge on any atom is 0.416 e. The fourth-order valence-electron chi connectivity index (χ4n) is 3.27. The lowest BCUT2D eigenvalue weighted by Crippen LogP contribution is -2.38. The van der Waals surface area contributed by atoms with Crippen molar-refractivity contribution < 1.29 is 22.7 Å². The molecule has 0 saturated carbocycles. The minimum absolute atomic E-state index is 0.210. The summed E-state index contributed by atoms with van der Waals surface area (Å²) in [5.74, 6) is 1.73. The van der Waals surface area contributed by atoms with Crippen LogP contribution in [0.25, 0.3) is 11.4 Å². The van der Waals surface area contributed by atoms with Gasteiger partial charge >= 0.3 is 6.18 Å². The largest absolute Gasteiger partial charge is 0.497 e. The van der Waals surface area contributed by atoms with Gasteiger partial charge in [0.2, 0.25) is 0 Å². The Bertz CT molecular complexity index is 1030. The molecule has 6 nitrogen and oxygen atoms in total. The summed E-state index contributed by atoms with van der Waals surface area (Å²) in [5.41, 5.74) is 0.310. The van der Waals surface area contributed by atoms with E-state index in [-0.39, 0.29) is 18.0 Å². The summed E-state index contributed by atoms with van der Waals surface area (Å²) in [6.45, 7) is 1.15. The Hall–Kier alpha value is -3.36. The Labute approximate surface area is 164 Å². The number of carbonyl (C=O) groups is 1. The van der Waals surface area contributed by atoms with Gasteiger partial charge in [0.05, 0.1) is 19.2 Å². The molecule has 0 saturated heterocycles. The van der Waals surface area contributed by atoms with Crippen molar-refractivity contribution in [3.05, 3.63) is 65.5 Å². The predicted molar refractivity (Wildman–Crippen MR) is 98.2 cm³/mol. The van der Waals surface area contributed by atoms with Crippen LogP contribution in [0.15, 0.2) is 48.5 Å². The number of rotatable bonds is 3. The fraction of sp³-hybridized carbons (Fsp3) is 0.250. The van der Waals surface area contributed by atoms with E-state index in [2.05, 4.69) is 10.2 Å². The quantitative estimate of drug-likeness (QED) is 0.671. The van der Waals surface area contributed by atoms with Crippen LogP contribution >= 0.6 is 0 Å². The van der Waals surface area contributed by atoms with Crippen LogP contribution in [0.3, 0.4) is 0 Å². The van der Waals surface area contributed by atoms with E-state index in [0.29, 0.717) is 24.7 Å². The average molecular weight is 402 g/mol. The van der Waals surface area contributed by atoms with Crippen molar-refractivity contribution in [1.29, 1.82) is 0 Å². The van der Waals surface area contributed by atoms with Gasteiger partial charge < -0.3 is 14.2 Å². The van der Waals surface area contributed by atoms with Crippen molar-refractivity contribution in [2.45, 2.75) is 19.3 Å². The third kappa shape index (κ3) is 3.67. The first kappa shape index (κ1) is 19.0. The normalized spacial score (nSPS) is 13.9. The van der Waals surface area contributed by atoms with Gasteiger partial charge in [-0.3, -0.25) is 4.79 Å². The lowest BCUT2D eigenvalue weighted by atomic mass is 10.1. The molecule has 0 N–H and O–H groups in total.